The fourth-order valence-corrected chi connectivity index (χ4v) is 3.42. The summed E-state index contributed by atoms with van der Waals surface area (Å²) in [6.07, 6.45) is 4.62. The second-order valence-electron chi connectivity index (χ2n) is 6.95. The third kappa shape index (κ3) is 3.24. The molecule has 1 saturated carbocycles. The molecule has 0 saturated heterocycles. The third-order valence-electron chi connectivity index (χ3n) is 5.07. The van der Waals surface area contributed by atoms with E-state index < -0.39 is 5.60 Å². The maximum atomic E-state index is 12.6. The Kier molecular flexibility index (Phi) is 4.39. The highest BCUT2D eigenvalue weighted by molar-refractivity contribution is 6.05. The van der Waals surface area contributed by atoms with Crippen LogP contribution < -0.4 is 5.32 Å². The molecular weight excluding hydrogens is 292 g/mol. The van der Waals surface area contributed by atoms with Gasteiger partial charge < -0.3 is 15.3 Å². The van der Waals surface area contributed by atoms with Gasteiger partial charge in [0.1, 0.15) is 0 Å². The van der Waals surface area contributed by atoms with Crippen LogP contribution in [0, 0.1) is 5.41 Å². The van der Waals surface area contributed by atoms with Crippen LogP contribution in [0.2, 0.25) is 0 Å². The smallest absolute Gasteiger partial charge is 0.267 e. The van der Waals surface area contributed by atoms with Gasteiger partial charge in [0.25, 0.3) is 5.91 Å². The number of hydrogen-bond acceptors (Lipinski definition) is 4. The molecule has 1 heterocycles. The zero-order chi connectivity index (χ0) is 16.3. The number of nitrogens with one attached hydrogen (secondary N) is 1. The molecule has 2 N–H and O–H groups in total. The molecule has 1 aliphatic carbocycles. The molecule has 124 valence electrons. The number of oxime groups is 1. The van der Waals surface area contributed by atoms with Crippen LogP contribution in [0.4, 0.5) is 0 Å². The van der Waals surface area contributed by atoms with Crippen molar-refractivity contribution in [3.05, 3.63) is 35.9 Å². The van der Waals surface area contributed by atoms with Gasteiger partial charge in [-0.1, -0.05) is 48.3 Å². The highest BCUT2D eigenvalue weighted by Gasteiger charge is 2.43. The number of hydrogen-bond donors (Lipinski definition) is 2. The van der Waals surface area contributed by atoms with Gasteiger partial charge in [0, 0.05) is 18.4 Å². The minimum atomic E-state index is -0.972. The topological polar surface area (TPSA) is 70.9 Å². The molecule has 0 radical (unpaired) electrons. The van der Waals surface area contributed by atoms with Gasteiger partial charge in [-0.05, 0) is 25.3 Å². The van der Waals surface area contributed by atoms with Crippen molar-refractivity contribution < 1.29 is 14.7 Å². The first-order chi connectivity index (χ1) is 11.1. The van der Waals surface area contributed by atoms with Gasteiger partial charge in [-0.2, -0.15) is 0 Å². The van der Waals surface area contributed by atoms with Crippen molar-refractivity contribution in [2.24, 2.45) is 10.6 Å². The molecular formula is C18H24N2O3. The SMILES string of the molecule is CC1(C(=O)NCC2(CO)CCCC2)CC(c2ccccc2)=NO1. The summed E-state index contributed by atoms with van der Waals surface area (Å²) >= 11 is 0. The summed E-state index contributed by atoms with van der Waals surface area (Å²) in [4.78, 5) is 18.0. The van der Waals surface area contributed by atoms with Crippen molar-refractivity contribution in [3.8, 4) is 0 Å². The molecule has 1 aliphatic heterocycles. The standard InChI is InChI=1S/C18H24N2O3/c1-17(11-15(20-23-17)14-7-3-2-4-8-14)16(22)19-12-18(13-21)9-5-6-10-18/h2-4,7-8,21H,5-6,9-13H2,1H3,(H,19,22). The molecule has 1 unspecified atom stereocenters. The summed E-state index contributed by atoms with van der Waals surface area (Å²) in [5.41, 5.74) is 0.640. The Morgan fingerprint density at radius 2 is 2.00 bits per heavy atom. The van der Waals surface area contributed by atoms with E-state index in [1.165, 1.54) is 0 Å². The van der Waals surface area contributed by atoms with Crippen LogP contribution in [0.15, 0.2) is 35.5 Å². The summed E-state index contributed by atoms with van der Waals surface area (Å²) in [5, 5.41) is 16.7. The van der Waals surface area contributed by atoms with Crippen LogP contribution in [0.3, 0.4) is 0 Å². The van der Waals surface area contributed by atoms with Crippen LogP contribution in [0.25, 0.3) is 0 Å². The molecule has 2 aliphatic rings. The van der Waals surface area contributed by atoms with Crippen molar-refractivity contribution in [1.82, 2.24) is 5.32 Å². The van der Waals surface area contributed by atoms with Crippen molar-refractivity contribution in [1.29, 1.82) is 0 Å². The molecule has 3 rings (SSSR count). The number of aliphatic hydroxyl groups is 1. The van der Waals surface area contributed by atoms with E-state index in [-0.39, 0.29) is 17.9 Å². The summed E-state index contributed by atoms with van der Waals surface area (Å²) in [5.74, 6) is -0.160. The highest BCUT2D eigenvalue weighted by Crippen LogP contribution is 2.37. The molecule has 23 heavy (non-hydrogen) atoms. The molecule has 5 heteroatoms. The summed E-state index contributed by atoms with van der Waals surface area (Å²) in [7, 11) is 0. The van der Waals surface area contributed by atoms with Gasteiger partial charge in [-0.25, -0.2) is 0 Å². The van der Waals surface area contributed by atoms with Crippen molar-refractivity contribution in [2.75, 3.05) is 13.2 Å². The number of aliphatic hydroxyl groups excluding tert-OH is 1. The summed E-state index contributed by atoms with van der Waals surface area (Å²) in [6.45, 7) is 2.39. The summed E-state index contributed by atoms with van der Waals surface area (Å²) in [6, 6.07) is 9.76. The molecule has 1 aromatic carbocycles. The number of carbonyl (C=O) groups is 1. The Bertz CT molecular complexity index is 594. The van der Waals surface area contributed by atoms with E-state index in [0.29, 0.717) is 13.0 Å². The molecule has 0 spiro atoms. The predicted molar refractivity (Wildman–Crippen MR) is 88.1 cm³/mol. The summed E-state index contributed by atoms with van der Waals surface area (Å²) < 4.78 is 0. The van der Waals surface area contributed by atoms with E-state index in [9.17, 15) is 9.90 Å². The van der Waals surface area contributed by atoms with Crippen LogP contribution in [-0.2, 0) is 9.63 Å². The molecule has 1 aromatic rings. The van der Waals surface area contributed by atoms with E-state index in [1.807, 2.05) is 30.3 Å². The minimum Gasteiger partial charge on any atom is -0.396 e. The Labute approximate surface area is 136 Å². The third-order valence-corrected chi connectivity index (χ3v) is 5.07. The van der Waals surface area contributed by atoms with Crippen molar-refractivity contribution in [2.45, 2.75) is 44.6 Å². The predicted octanol–water partition coefficient (Wildman–Crippen LogP) is 2.24. The average Bonchev–Trinajstić information content (AvgIpc) is 3.22. The minimum absolute atomic E-state index is 0.122. The van der Waals surface area contributed by atoms with Gasteiger partial charge in [-0.15, -0.1) is 0 Å². The van der Waals surface area contributed by atoms with Crippen LogP contribution in [-0.4, -0.2) is 35.5 Å². The molecule has 1 amide bonds. The zero-order valence-electron chi connectivity index (χ0n) is 13.5. The Morgan fingerprint density at radius 3 is 2.65 bits per heavy atom. The maximum Gasteiger partial charge on any atom is 0.267 e. The van der Waals surface area contributed by atoms with Gasteiger partial charge in [0.05, 0.1) is 12.3 Å². The lowest BCUT2D eigenvalue weighted by molar-refractivity contribution is -0.142. The lowest BCUT2D eigenvalue weighted by atomic mass is 9.86. The van der Waals surface area contributed by atoms with Gasteiger partial charge in [0.2, 0.25) is 5.60 Å². The lowest BCUT2D eigenvalue weighted by Gasteiger charge is -2.29. The number of rotatable bonds is 5. The van der Waals surface area contributed by atoms with E-state index in [1.54, 1.807) is 6.92 Å². The number of carbonyl (C=O) groups excluding carboxylic acids is 1. The number of nitrogens with zero attached hydrogens (tertiary/aromatic N) is 1. The van der Waals surface area contributed by atoms with E-state index in [4.69, 9.17) is 4.84 Å². The first-order valence-electron chi connectivity index (χ1n) is 8.27. The second-order valence-corrected chi connectivity index (χ2v) is 6.95. The van der Waals surface area contributed by atoms with Crippen LogP contribution in [0.5, 0.6) is 0 Å². The average molecular weight is 316 g/mol. The van der Waals surface area contributed by atoms with Crippen LogP contribution in [0.1, 0.15) is 44.6 Å². The Balaban J connectivity index is 1.60. The first kappa shape index (κ1) is 16.0. The molecule has 0 bridgehead atoms. The molecule has 1 atom stereocenters. The van der Waals surface area contributed by atoms with E-state index >= 15 is 0 Å². The van der Waals surface area contributed by atoms with Crippen LogP contribution >= 0.6 is 0 Å². The van der Waals surface area contributed by atoms with Gasteiger partial charge in [-0.3, -0.25) is 4.79 Å². The normalized spacial score (nSPS) is 25.7. The maximum absolute atomic E-state index is 12.6. The molecule has 0 aromatic heterocycles. The van der Waals surface area contributed by atoms with E-state index in [2.05, 4.69) is 10.5 Å². The second kappa shape index (κ2) is 6.32. The quantitative estimate of drug-likeness (QED) is 0.875. The van der Waals surface area contributed by atoms with E-state index in [0.717, 1.165) is 37.0 Å². The first-order valence-corrected chi connectivity index (χ1v) is 8.27. The largest absolute Gasteiger partial charge is 0.396 e. The monoisotopic (exact) mass is 316 g/mol. The fraction of sp³-hybridized carbons (Fsp3) is 0.556. The molecule has 1 fully saturated rings. The van der Waals surface area contributed by atoms with Gasteiger partial charge >= 0.3 is 0 Å². The zero-order valence-corrected chi connectivity index (χ0v) is 13.5. The lowest BCUT2D eigenvalue weighted by Crippen LogP contribution is -2.48. The molecule has 5 nitrogen and oxygen atoms in total. The number of benzene rings is 1. The Morgan fingerprint density at radius 1 is 1.30 bits per heavy atom. The van der Waals surface area contributed by atoms with Crippen molar-refractivity contribution >= 4 is 11.6 Å². The van der Waals surface area contributed by atoms with Gasteiger partial charge in [0.15, 0.2) is 0 Å². The Hall–Kier alpha value is -1.88. The number of amides is 1. The fourth-order valence-electron chi connectivity index (χ4n) is 3.42. The van der Waals surface area contributed by atoms with Crippen molar-refractivity contribution in [3.63, 3.8) is 0 Å². The highest BCUT2D eigenvalue weighted by atomic mass is 16.7.